The van der Waals surface area contributed by atoms with Crippen LogP contribution >= 0.6 is 11.3 Å². The van der Waals surface area contributed by atoms with E-state index in [0.29, 0.717) is 5.92 Å². The van der Waals surface area contributed by atoms with E-state index in [0.717, 1.165) is 62.9 Å². The summed E-state index contributed by atoms with van der Waals surface area (Å²) in [7, 11) is 0. The summed E-state index contributed by atoms with van der Waals surface area (Å²) in [5.74, 6) is 0.485. The van der Waals surface area contributed by atoms with Crippen molar-refractivity contribution in [2.24, 2.45) is 0 Å². The van der Waals surface area contributed by atoms with Crippen molar-refractivity contribution in [2.45, 2.75) is 44.1 Å². The summed E-state index contributed by atoms with van der Waals surface area (Å²) in [4.78, 5) is 17.1. The average molecular weight is 509 g/mol. The number of likely N-dealkylation sites (tertiary alicyclic amines) is 1. The maximum Gasteiger partial charge on any atom is 0.251 e. The van der Waals surface area contributed by atoms with Crippen LogP contribution in [0, 0.1) is 0 Å². The number of carbonyl (C=O) groups is 1. The van der Waals surface area contributed by atoms with Gasteiger partial charge in [-0.3, -0.25) is 4.79 Å². The van der Waals surface area contributed by atoms with Crippen LogP contribution in [0.15, 0.2) is 102 Å². The molecule has 190 valence electrons. The summed E-state index contributed by atoms with van der Waals surface area (Å²) in [6, 6.07) is 34.3. The Kier molecular flexibility index (Phi) is 8.83. The number of aryl methyl sites for hydroxylation is 2. The molecule has 1 N–H and O–H groups in total. The molecular weight excluding hydrogens is 472 g/mol. The molecule has 37 heavy (non-hydrogen) atoms. The molecule has 1 fully saturated rings. The Morgan fingerprint density at radius 3 is 2.11 bits per heavy atom. The predicted octanol–water partition coefficient (Wildman–Crippen LogP) is 6.95. The van der Waals surface area contributed by atoms with Crippen LogP contribution in [0.2, 0.25) is 0 Å². The van der Waals surface area contributed by atoms with Gasteiger partial charge in [0.05, 0.1) is 0 Å². The molecule has 5 rings (SSSR count). The molecular formula is C33H36N2OS. The number of piperidine rings is 1. The SMILES string of the molecule is O=C(NC1CCN(CCC(c2ccccc2)c2ccccc2)CC1)c1ccccc1CCc1cccs1. The maximum absolute atomic E-state index is 13.2. The van der Waals surface area contributed by atoms with Gasteiger partial charge in [0.15, 0.2) is 0 Å². The molecule has 0 atom stereocenters. The number of hydrogen-bond donors (Lipinski definition) is 1. The summed E-state index contributed by atoms with van der Waals surface area (Å²) in [6.45, 7) is 3.13. The topological polar surface area (TPSA) is 32.3 Å². The van der Waals surface area contributed by atoms with Gasteiger partial charge in [-0.2, -0.15) is 0 Å². The Morgan fingerprint density at radius 2 is 1.46 bits per heavy atom. The third-order valence-electron chi connectivity index (χ3n) is 7.54. The Labute approximate surface area is 225 Å². The van der Waals surface area contributed by atoms with E-state index in [-0.39, 0.29) is 11.9 Å². The third-order valence-corrected chi connectivity index (χ3v) is 8.48. The van der Waals surface area contributed by atoms with E-state index in [1.165, 1.54) is 16.0 Å². The first-order valence-electron chi connectivity index (χ1n) is 13.5. The van der Waals surface area contributed by atoms with Crippen LogP contribution in [0.4, 0.5) is 0 Å². The molecule has 1 aromatic heterocycles. The fourth-order valence-corrected chi connectivity index (χ4v) is 6.15. The quantitative estimate of drug-likeness (QED) is 0.251. The summed E-state index contributed by atoms with van der Waals surface area (Å²) in [5, 5.41) is 5.46. The maximum atomic E-state index is 13.2. The molecule has 1 aliphatic heterocycles. The van der Waals surface area contributed by atoms with Gasteiger partial charge in [-0.25, -0.2) is 0 Å². The largest absolute Gasteiger partial charge is 0.349 e. The van der Waals surface area contributed by atoms with Crippen molar-refractivity contribution in [1.82, 2.24) is 10.2 Å². The van der Waals surface area contributed by atoms with Crippen molar-refractivity contribution in [1.29, 1.82) is 0 Å². The Bertz CT molecular complexity index is 1190. The molecule has 3 nitrogen and oxygen atoms in total. The van der Waals surface area contributed by atoms with Crippen LogP contribution in [0.5, 0.6) is 0 Å². The zero-order chi connectivity index (χ0) is 25.3. The smallest absolute Gasteiger partial charge is 0.251 e. The molecule has 0 saturated carbocycles. The van der Waals surface area contributed by atoms with Crippen molar-refractivity contribution in [3.05, 3.63) is 130 Å². The zero-order valence-electron chi connectivity index (χ0n) is 21.4. The minimum Gasteiger partial charge on any atom is -0.349 e. The van der Waals surface area contributed by atoms with Gasteiger partial charge in [-0.15, -0.1) is 11.3 Å². The highest BCUT2D eigenvalue weighted by Crippen LogP contribution is 2.28. The molecule has 4 heteroatoms. The molecule has 0 aliphatic carbocycles. The van der Waals surface area contributed by atoms with Crippen molar-refractivity contribution in [2.75, 3.05) is 19.6 Å². The lowest BCUT2D eigenvalue weighted by molar-refractivity contribution is 0.0909. The van der Waals surface area contributed by atoms with Crippen molar-refractivity contribution in [3.8, 4) is 0 Å². The second-order valence-electron chi connectivity index (χ2n) is 9.99. The highest BCUT2D eigenvalue weighted by Gasteiger charge is 2.23. The molecule has 2 heterocycles. The standard InChI is InChI=1S/C33H36N2OS/c36-33(32-16-8-7-14-28(32)17-18-30-15-9-25-37-30)34-29-19-22-35(23-20-29)24-21-31(26-10-3-1-4-11-26)27-12-5-2-6-13-27/h1-16,25,29,31H,17-24H2,(H,34,36). The van der Waals surface area contributed by atoms with E-state index < -0.39 is 0 Å². The molecule has 4 aromatic rings. The fraction of sp³-hybridized carbons (Fsp3) is 0.303. The number of amides is 1. The lowest BCUT2D eigenvalue weighted by atomic mass is 9.88. The van der Waals surface area contributed by atoms with Gasteiger partial charge in [0.25, 0.3) is 5.91 Å². The second kappa shape index (κ2) is 12.8. The summed E-state index contributed by atoms with van der Waals surface area (Å²) >= 11 is 1.78. The molecule has 0 spiro atoms. The molecule has 3 aromatic carbocycles. The number of nitrogens with zero attached hydrogens (tertiary/aromatic N) is 1. The van der Waals surface area contributed by atoms with Crippen LogP contribution in [0.1, 0.15) is 57.1 Å². The monoisotopic (exact) mass is 508 g/mol. The van der Waals surface area contributed by atoms with E-state index >= 15 is 0 Å². The minimum absolute atomic E-state index is 0.0773. The number of thiophene rings is 1. The van der Waals surface area contributed by atoms with Crippen LogP contribution in [-0.4, -0.2) is 36.5 Å². The summed E-state index contributed by atoms with van der Waals surface area (Å²) < 4.78 is 0. The van der Waals surface area contributed by atoms with Crippen LogP contribution < -0.4 is 5.32 Å². The predicted molar refractivity (Wildman–Crippen MR) is 154 cm³/mol. The fourth-order valence-electron chi connectivity index (χ4n) is 5.44. The first-order chi connectivity index (χ1) is 18.3. The Morgan fingerprint density at radius 1 is 0.811 bits per heavy atom. The highest BCUT2D eigenvalue weighted by molar-refractivity contribution is 7.09. The van der Waals surface area contributed by atoms with Gasteiger partial charge < -0.3 is 10.2 Å². The van der Waals surface area contributed by atoms with Crippen LogP contribution in [0.25, 0.3) is 0 Å². The van der Waals surface area contributed by atoms with E-state index in [1.54, 1.807) is 11.3 Å². The number of hydrogen-bond acceptors (Lipinski definition) is 3. The molecule has 1 amide bonds. The normalized spacial score (nSPS) is 14.6. The number of benzene rings is 3. The van der Waals surface area contributed by atoms with Crippen molar-refractivity contribution >= 4 is 17.2 Å². The molecule has 0 bridgehead atoms. The Hall–Kier alpha value is -3.21. The van der Waals surface area contributed by atoms with E-state index in [9.17, 15) is 4.79 Å². The molecule has 0 radical (unpaired) electrons. The average Bonchev–Trinajstić information content (AvgIpc) is 3.48. The highest BCUT2D eigenvalue weighted by atomic mass is 32.1. The number of nitrogens with one attached hydrogen (secondary N) is 1. The molecule has 1 aliphatic rings. The minimum atomic E-state index is 0.0773. The summed E-state index contributed by atoms with van der Waals surface area (Å²) in [6.07, 6.45) is 4.98. The van der Waals surface area contributed by atoms with Gasteiger partial charge in [0, 0.05) is 35.5 Å². The number of carbonyl (C=O) groups excluding carboxylic acids is 1. The van der Waals surface area contributed by atoms with E-state index in [1.807, 2.05) is 18.2 Å². The lowest BCUT2D eigenvalue weighted by Gasteiger charge is -2.33. The van der Waals surface area contributed by atoms with Crippen LogP contribution in [-0.2, 0) is 12.8 Å². The van der Waals surface area contributed by atoms with Crippen molar-refractivity contribution < 1.29 is 4.79 Å². The van der Waals surface area contributed by atoms with Gasteiger partial charge in [0.2, 0.25) is 0 Å². The van der Waals surface area contributed by atoms with Gasteiger partial charge in [0.1, 0.15) is 0 Å². The van der Waals surface area contributed by atoms with E-state index in [2.05, 4.69) is 94.5 Å². The number of rotatable bonds is 10. The molecule has 0 unspecified atom stereocenters. The Balaban J connectivity index is 1.13. The van der Waals surface area contributed by atoms with Crippen LogP contribution in [0.3, 0.4) is 0 Å². The first-order valence-corrected chi connectivity index (χ1v) is 14.4. The molecule has 1 saturated heterocycles. The van der Waals surface area contributed by atoms with E-state index in [4.69, 9.17) is 0 Å². The third kappa shape index (κ3) is 6.97. The zero-order valence-corrected chi connectivity index (χ0v) is 22.2. The second-order valence-corrected chi connectivity index (χ2v) is 11.0. The first kappa shape index (κ1) is 25.4. The van der Waals surface area contributed by atoms with Gasteiger partial charge >= 0.3 is 0 Å². The van der Waals surface area contributed by atoms with Gasteiger partial charge in [-0.1, -0.05) is 84.9 Å². The van der Waals surface area contributed by atoms with Crippen molar-refractivity contribution in [3.63, 3.8) is 0 Å². The van der Waals surface area contributed by atoms with Gasteiger partial charge in [-0.05, 0) is 72.9 Å². The lowest BCUT2D eigenvalue weighted by Crippen LogP contribution is -2.45. The summed E-state index contributed by atoms with van der Waals surface area (Å²) in [5.41, 5.74) is 4.73.